The van der Waals surface area contributed by atoms with Crippen LogP contribution >= 0.6 is 0 Å². The predicted molar refractivity (Wildman–Crippen MR) is 73.2 cm³/mol. The molecular formula is C13H27N3O2. The molecule has 0 saturated heterocycles. The van der Waals surface area contributed by atoms with Gasteiger partial charge >= 0.3 is 0 Å². The molecule has 0 aliphatic heterocycles. The lowest BCUT2D eigenvalue weighted by Gasteiger charge is -2.12. The molecule has 0 heterocycles. The molecular weight excluding hydrogens is 230 g/mol. The molecule has 0 aromatic rings. The van der Waals surface area contributed by atoms with Gasteiger partial charge in [0.25, 0.3) is 0 Å². The molecule has 0 fully saturated rings. The van der Waals surface area contributed by atoms with Crippen molar-refractivity contribution in [2.75, 3.05) is 19.6 Å². The second kappa shape index (κ2) is 9.88. The minimum atomic E-state index is -0.0138. The Balaban J connectivity index is 3.58. The van der Waals surface area contributed by atoms with E-state index in [4.69, 9.17) is 0 Å². The fourth-order valence-corrected chi connectivity index (χ4v) is 1.49. The Morgan fingerprint density at radius 3 is 2.28 bits per heavy atom. The van der Waals surface area contributed by atoms with Crippen LogP contribution in [-0.4, -0.2) is 37.5 Å². The van der Waals surface area contributed by atoms with Gasteiger partial charge in [-0.1, -0.05) is 20.8 Å². The first-order valence-electron chi connectivity index (χ1n) is 6.72. The van der Waals surface area contributed by atoms with Crippen molar-refractivity contribution >= 4 is 11.8 Å². The van der Waals surface area contributed by atoms with Crippen LogP contribution in [0.3, 0.4) is 0 Å². The van der Waals surface area contributed by atoms with Crippen LogP contribution in [0.2, 0.25) is 0 Å². The third kappa shape index (κ3) is 10.1. The van der Waals surface area contributed by atoms with Crippen LogP contribution in [0.5, 0.6) is 0 Å². The summed E-state index contributed by atoms with van der Waals surface area (Å²) in [6.07, 6.45) is 0.787. The quantitative estimate of drug-likeness (QED) is 0.568. The van der Waals surface area contributed by atoms with Crippen molar-refractivity contribution < 1.29 is 9.59 Å². The molecule has 5 heteroatoms. The van der Waals surface area contributed by atoms with Gasteiger partial charge in [-0.3, -0.25) is 9.59 Å². The third-order valence-electron chi connectivity index (χ3n) is 2.43. The number of carbonyl (C=O) groups excluding carboxylic acids is 2. The third-order valence-corrected chi connectivity index (χ3v) is 2.43. The van der Waals surface area contributed by atoms with E-state index in [1.54, 1.807) is 0 Å². The van der Waals surface area contributed by atoms with E-state index in [0.29, 0.717) is 31.8 Å². The topological polar surface area (TPSA) is 70.2 Å². The minimum absolute atomic E-state index is 0.0104. The van der Waals surface area contributed by atoms with Gasteiger partial charge < -0.3 is 16.0 Å². The molecule has 5 nitrogen and oxygen atoms in total. The maximum atomic E-state index is 11.5. The summed E-state index contributed by atoms with van der Waals surface area (Å²) in [6.45, 7) is 10.0. The Labute approximate surface area is 110 Å². The van der Waals surface area contributed by atoms with Gasteiger partial charge in [-0.2, -0.15) is 0 Å². The lowest BCUT2D eigenvalue weighted by Crippen LogP contribution is -2.36. The van der Waals surface area contributed by atoms with Gasteiger partial charge in [-0.25, -0.2) is 0 Å². The summed E-state index contributed by atoms with van der Waals surface area (Å²) in [6, 6.07) is 0.171. The Hall–Kier alpha value is -1.10. The first kappa shape index (κ1) is 16.9. The second-order valence-electron chi connectivity index (χ2n) is 4.96. The summed E-state index contributed by atoms with van der Waals surface area (Å²) >= 11 is 0. The molecule has 1 atom stereocenters. The van der Waals surface area contributed by atoms with Gasteiger partial charge in [0.2, 0.25) is 11.8 Å². The highest BCUT2D eigenvalue weighted by molar-refractivity contribution is 5.79. The van der Waals surface area contributed by atoms with Gasteiger partial charge in [-0.05, 0) is 19.4 Å². The van der Waals surface area contributed by atoms with E-state index in [2.05, 4.69) is 16.0 Å². The van der Waals surface area contributed by atoms with Crippen LogP contribution < -0.4 is 16.0 Å². The fourth-order valence-electron chi connectivity index (χ4n) is 1.49. The Kier molecular flexibility index (Phi) is 9.28. The molecule has 2 amide bonds. The van der Waals surface area contributed by atoms with Crippen molar-refractivity contribution in [2.45, 2.75) is 46.6 Å². The number of amides is 2. The molecule has 0 aliphatic carbocycles. The first-order valence-corrected chi connectivity index (χ1v) is 6.72. The Morgan fingerprint density at radius 1 is 1.06 bits per heavy atom. The van der Waals surface area contributed by atoms with Crippen molar-refractivity contribution in [3.63, 3.8) is 0 Å². The van der Waals surface area contributed by atoms with Crippen molar-refractivity contribution in [3.05, 3.63) is 0 Å². The van der Waals surface area contributed by atoms with E-state index in [-0.39, 0.29) is 17.9 Å². The van der Waals surface area contributed by atoms with Gasteiger partial charge in [0.05, 0.1) is 0 Å². The molecule has 0 radical (unpaired) electrons. The highest BCUT2D eigenvalue weighted by Crippen LogP contribution is 1.91. The molecule has 3 N–H and O–H groups in total. The summed E-state index contributed by atoms with van der Waals surface area (Å²) in [5, 5.41) is 8.73. The molecule has 18 heavy (non-hydrogen) atoms. The first-order chi connectivity index (χ1) is 8.45. The number of hydrogen-bond acceptors (Lipinski definition) is 3. The highest BCUT2D eigenvalue weighted by Gasteiger charge is 2.08. The molecule has 0 rings (SSSR count). The van der Waals surface area contributed by atoms with Gasteiger partial charge in [-0.15, -0.1) is 0 Å². The van der Waals surface area contributed by atoms with Crippen molar-refractivity contribution in [3.8, 4) is 0 Å². The summed E-state index contributed by atoms with van der Waals surface area (Å²) in [5.74, 6) is 0.424. The average Bonchev–Trinajstić information content (AvgIpc) is 2.26. The lowest BCUT2D eigenvalue weighted by atomic mass is 10.2. The van der Waals surface area contributed by atoms with Crippen molar-refractivity contribution in [1.29, 1.82) is 0 Å². The summed E-state index contributed by atoms with van der Waals surface area (Å²) in [4.78, 5) is 22.9. The van der Waals surface area contributed by atoms with Crippen molar-refractivity contribution in [1.82, 2.24) is 16.0 Å². The molecule has 0 aromatic carbocycles. The molecule has 0 aromatic heterocycles. The SMILES string of the molecule is CCNC(C)CC(=O)NCCC(=O)NCC(C)C. The number of rotatable bonds is 9. The summed E-state index contributed by atoms with van der Waals surface area (Å²) in [5.41, 5.74) is 0. The van der Waals surface area contributed by atoms with E-state index in [1.165, 1.54) is 0 Å². The zero-order chi connectivity index (χ0) is 14.0. The normalized spacial score (nSPS) is 12.3. The van der Waals surface area contributed by atoms with Crippen LogP contribution in [0.4, 0.5) is 0 Å². The fraction of sp³-hybridized carbons (Fsp3) is 0.846. The van der Waals surface area contributed by atoms with E-state index in [1.807, 2.05) is 27.7 Å². The average molecular weight is 257 g/mol. The number of carbonyl (C=O) groups is 2. The monoisotopic (exact) mass is 257 g/mol. The van der Waals surface area contributed by atoms with Crippen LogP contribution in [0.25, 0.3) is 0 Å². The van der Waals surface area contributed by atoms with E-state index >= 15 is 0 Å². The Bertz CT molecular complexity index is 255. The molecule has 0 bridgehead atoms. The van der Waals surface area contributed by atoms with Crippen LogP contribution in [0.15, 0.2) is 0 Å². The Morgan fingerprint density at radius 2 is 1.72 bits per heavy atom. The smallest absolute Gasteiger partial charge is 0.221 e. The standard InChI is InChI=1S/C13H27N3O2/c1-5-14-11(4)8-13(18)15-7-6-12(17)16-9-10(2)3/h10-11,14H,5-9H2,1-4H3,(H,15,18)(H,16,17). The molecule has 106 valence electrons. The van der Waals surface area contributed by atoms with Crippen LogP contribution in [0.1, 0.15) is 40.5 Å². The van der Waals surface area contributed by atoms with Crippen LogP contribution in [-0.2, 0) is 9.59 Å². The van der Waals surface area contributed by atoms with Crippen LogP contribution in [0, 0.1) is 5.92 Å². The zero-order valence-corrected chi connectivity index (χ0v) is 12.0. The zero-order valence-electron chi connectivity index (χ0n) is 12.0. The summed E-state index contributed by atoms with van der Waals surface area (Å²) in [7, 11) is 0. The predicted octanol–water partition coefficient (Wildman–Crippen LogP) is 0.653. The van der Waals surface area contributed by atoms with E-state index < -0.39 is 0 Å². The minimum Gasteiger partial charge on any atom is -0.356 e. The molecule has 1 unspecified atom stereocenters. The lowest BCUT2D eigenvalue weighted by molar-refractivity contribution is -0.122. The molecule has 0 aliphatic rings. The molecule has 0 saturated carbocycles. The maximum absolute atomic E-state index is 11.5. The van der Waals surface area contributed by atoms with Gasteiger partial charge in [0.15, 0.2) is 0 Å². The van der Waals surface area contributed by atoms with Crippen molar-refractivity contribution in [2.24, 2.45) is 5.92 Å². The summed E-state index contributed by atoms with van der Waals surface area (Å²) < 4.78 is 0. The second-order valence-corrected chi connectivity index (χ2v) is 4.96. The number of nitrogens with one attached hydrogen (secondary N) is 3. The molecule has 0 spiro atoms. The van der Waals surface area contributed by atoms with E-state index in [9.17, 15) is 9.59 Å². The van der Waals surface area contributed by atoms with Gasteiger partial charge in [0.1, 0.15) is 0 Å². The largest absolute Gasteiger partial charge is 0.356 e. The number of hydrogen-bond donors (Lipinski definition) is 3. The van der Waals surface area contributed by atoms with E-state index in [0.717, 1.165) is 6.54 Å². The van der Waals surface area contributed by atoms with Gasteiger partial charge in [0, 0.05) is 32.0 Å². The maximum Gasteiger partial charge on any atom is 0.221 e. The highest BCUT2D eigenvalue weighted by atomic mass is 16.2.